The fourth-order valence-electron chi connectivity index (χ4n) is 3.84. The zero-order valence-corrected chi connectivity index (χ0v) is 14.2. The molecule has 0 heterocycles. The van der Waals surface area contributed by atoms with Gasteiger partial charge in [0.1, 0.15) is 0 Å². The molecule has 0 aliphatic heterocycles. The number of rotatable bonds is 7. The first kappa shape index (κ1) is 16.7. The molecule has 3 nitrogen and oxygen atoms in total. The molecule has 1 aromatic carbocycles. The summed E-state index contributed by atoms with van der Waals surface area (Å²) in [5, 5.41) is 16.2. The fraction of sp³-hybridized carbons (Fsp3) is 0.600. The van der Waals surface area contributed by atoms with Gasteiger partial charge >= 0.3 is 0 Å². The maximum absolute atomic E-state index is 8.88. The van der Waals surface area contributed by atoms with Gasteiger partial charge in [0, 0.05) is 24.7 Å². The molecule has 2 aliphatic carbocycles. The van der Waals surface area contributed by atoms with Crippen LogP contribution in [0.1, 0.15) is 44.6 Å². The number of benzene rings is 1. The predicted molar refractivity (Wildman–Crippen MR) is 96.3 cm³/mol. The van der Waals surface area contributed by atoms with E-state index < -0.39 is 0 Å². The molecule has 2 unspecified atom stereocenters. The Hall–Kier alpha value is -1.16. The monoisotopic (exact) mass is 314 g/mol. The molecule has 2 saturated carbocycles. The minimum Gasteiger partial charge on any atom is -0.395 e. The van der Waals surface area contributed by atoms with Crippen molar-refractivity contribution in [2.45, 2.75) is 57.2 Å². The van der Waals surface area contributed by atoms with Crippen LogP contribution in [0.3, 0.4) is 0 Å². The third-order valence-electron chi connectivity index (χ3n) is 5.29. The molecule has 0 saturated heterocycles. The Morgan fingerprint density at radius 3 is 2.52 bits per heavy atom. The summed E-state index contributed by atoms with van der Waals surface area (Å²) < 4.78 is 0. The second-order valence-corrected chi connectivity index (χ2v) is 7.14. The minimum atomic E-state index is 0.245. The lowest BCUT2D eigenvalue weighted by molar-refractivity contribution is 0.258. The molecule has 2 aliphatic rings. The van der Waals surface area contributed by atoms with E-state index in [1.54, 1.807) is 0 Å². The summed E-state index contributed by atoms with van der Waals surface area (Å²) >= 11 is 0. The quantitative estimate of drug-likeness (QED) is 0.725. The van der Waals surface area contributed by atoms with Crippen molar-refractivity contribution in [3.05, 3.63) is 41.5 Å². The van der Waals surface area contributed by atoms with Gasteiger partial charge in [0.15, 0.2) is 0 Å². The highest BCUT2D eigenvalue weighted by molar-refractivity contribution is 5.53. The summed E-state index contributed by atoms with van der Waals surface area (Å²) in [6.45, 7) is 3.25. The van der Waals surface area contributed by atoms with Gasteiger partial charge < -0.3 is 15.7 Å². The summed E-state index contributed by atoms with van der Waals surface area (Å²) in [5.74, 6) is 0.723. The smallest absolute Gasteiger partial charge is 0.0556 e. The molecule has 3 N–H and O–H groups in total. The van der Waals surface area contributed by atoms with E-state index in [9.17, 15) is 0 Å². The van der Waals surface area contributed by atoms with Crippen LogP contribution in [-0.4, -0.2) is 36.4 Å². The first-order valence-electron chi connectivity index (χ1n) is 9.10. The lowest BCUT2D eigenvalue weighted by Gasteiger charge is -2.30. The number of hydrogen-bond acceptors (Lipinski definition) is 3. The average Bonchev–Trinajstić information content (AvgIpc) is 3.34. The Labute approximate surface area is 140 Å². The topological polar surface area (TPSA) is 44.3 Å². The standard InChI is InChI=1S/C20H30N2O/c1-15(13-16-5-3-2-4-6-16)19-14-20(19)22-18-9-7-17(8-10-18)21-11-12-23/h2-6,13,17-23H,7-12,14H2,1H3/b15-13+/t17-,18+,19?,20?. The maximum Gasteiger partial charge on any atom is 0.0556 e. The first-order chi connectivity index (χ1) is 11.3. The van der Waals surface area contributed by atoms with Crippen molar-refractivity contribution >= 4 is 6.08 Å². The molecule has 1 aromatic rings. The summed E-state index contributed by atoms with van der Waals surface area (Å²) in [5.41, 5.74) is 2.82. The second-order valence-electron chi connectivity index (χ2n) is 7.14. The molecule has 2 fully saturated rings. The predicted octanol–water partition coefficient (Wildman–Crippen LogP) is 2.96. The van der Waals surface area contributed by atoms with Crippen molar-refractivity contribution in [1.29, 1.82) is 0 Å². The van der Waals surface area contributed by atoms with Gasteiger partial charge in [0.05, 0.1) is 6.61 Å². The van der Waals surface area contributed by atoms with E-state index in [1.807, 2.05) is 0 Å². The van der Waals surface area contributed by atoms with Crippen molar-refractivity contribution < 1.29 is 5.11 Å². The largest absolute Gasteiger partial charge is 0.395 e. The minimum absolute atomic E-state index is 0.245. The third kappa shape index (κ3) is 4.90. The van der Waals surface area contributed by atoms with Crippen LogP contribution < -0.4 is 10.6 Å². The average molecular weight is 314 g/mol. The Morgan fingerprint density at radius 1 is 1.13 bits per heavy atom. The van der Waals surface area contributed by atoms with Gasteiger partial charge in [-0.25, -0.2) is 0 Å². The maximum atomic E-state index is 8.88. The first-order valence-corrected chi connectivity index (χ1v) is 9.10. The SMILES string of the molecule is C/C(=C\c1ccccc1)C1CC1N[C@H]1CC[C@@H](NCCO)CC1. The molecule has 0 bridgehead atoms. The van der Waals surface area contributed by atoms with Crippen molar-refractivity contribution in [3.63, 3.8) is 0 Å². The van der Waals surface area contributed by atoms with Crippen LogP contribution in [0, 0.1) is 5.92 Å². The van der Waals surface area contributed by atoms with Crippen LogP contribution in [-0.2, 0) is 0 Å². The van der Waals surface area contributed by atoms with Gasteiger partial charge in [0.25, 0.3) is 0 Å². The van der Waals surface area contributed by atoms with Crippen molar-refractivity contribution in [1.82, 2.24) is 10.6 Å². The third-order valence-corrected chi connectivity index (χ3v) is 5.29. The summed E-state index contributed by atoms with van der Waals surface area (Å²) in [6.07, 6.45) is 8.60. The van der Waals surface area contributed by atoms with Crippen LogP contribution >= 0.6 is 0 Å². The fourth-order valence-corrected chi connectivity index (χ4v) is 3.84. The molecule has 0 aromatic heterocycles. The molecular weight excluding hydrogens is 284 g/mol. The normalized spacial score (nSPS) is 31.1. The van der Waals surface area contributed by atoms with Crippen LogP contribution in [0.4, 0.5) is 0 Å². The number of aliphatic hydroxyl groups excluding tert-OH is 1. The summed E-state index contributed by atoms with van der Waals surface area (Å²) in [7, 11) is 0. The number of nitrogens with one attached hydrogen (secondary N) is 2. The van der Waals surface area contributed by atoms with Crippen LogP contribution in [0.5, 0.6) is 0 Å². The van der Waals surface area contributed by atoms with Gasteiger partial charge in [-0.05, 0) is 50.5 Å². The van der Waals surface area contributed by atoms with Crippen LogP contribution in [0.25, 0.3) is 6.08 Å². The molecule has 0 amide bonds. The lowest BCUT2D eigenvalue weighted by atomic mass is 9.91. The van der Waals surface area contributed by atoms with Gasteiger partial charge in [-0.2, -0.15) is 0 Å². The number of hydrogen-bond donors (Lipinski definition) is 3. The van der Waals surface area contributed by atoms with Crippen molar-refractivity contribution in [2.75, 3.05) is 13.2 Å². The van der Waals surface area contributed by atoms with E-state index in [1.165, 1.54) is 43.2 Å². The van der Waals surface area contributed by atoms with Gasteiger partial charge in [-0.15, -0.1) is 0 Å². The van der Waals surface area contributed by atoms with Crippen LogP contribution in [0.15, 0.2) is 35.9 Å². The molecule has 2 atom stereocenters. The number of aliphatic hydroxyl groups is 1. The van der Waals surface area contributed by atoms with E-state index in [0.717, 1.165) is 12.5 Å². The van der Waals surface area contributed by atoms with Crippen LogP contribution in [0.2, 0.25) is 0 Å². The Morgan fingerprint density at radius 2 is 1.83 bits per heavy atom. The molecule has 3 rings (SSSR count). The zero-order chi connectivity index (χ0) is 16.1. The van der Waals surface area contributed by atoms with E-state index in [-0.39, 0.29) is 6.61 Å². The highest BCUT2D eigenvalue weighted by atomic mass is 16.3. The summed E-state index contributed by atoms with van der Waals surface area (Å²) in [6, 6.07) is 12.6. The van der Waals surface area contributed by atoms with Gasteiger partial charge in [0.2, 0.25) is 0 Å². The highest BCUT2D eigenvalue weighted by Crippen LogP contribution is 2.39. The lowest BCUT2D eigenvalue weighted by Crippen LogP contribution is -2.41. The van der Waals surface area contributed by atoms with E-state index >= 15 is 0 Å². The second kappa shape index (κ2) is 8.09. The zero-order valence-electron chi connectivity index (χ0n) is 14.2. The van der Waals surface area contributed by atoms with Crippen molar-refractivity contribution in [3.8, 4) is 0 Å². The van der Waals surface area contributed by atoms with E-state index in [4.69, 9.17) is 5.11 Å². The Balaban J connectivity index is 1.41. The molecular formula is C20H30N2O. The van der Waals surface area contributed by atoms with Crippen molar-refractivity contribution in [2.24, 2.45) is 5.92 Å². The van der Waals surface area contributed by atoms with Gasteiger partial charge in [-0.1, -0.05) is 42.0 Å². The van der Waals surface area contributed by atoms with E-state index in [0.29, 0.717) is 18.1 Å². The van der Waals surface area contributed by atoms with E-state index in [2.05, 4.69) is 54.0 Å². The molecule has 0 spiro atoms. The molecule has 126 valence electrons. The Kier molecular flexibility index (Phi) is 5.87. The molecule has 23 heavy (non-hydrogen) atoms. The molecule has 0 radical (unpaired) electrons. The summed E-state index contributed by atoms with van der Waals surface area (Å²) in [4.78, 5) is 0. The highest BCUT2D eigenvalue weighted by Gasteiger charge is 2.39. The Bertz CT molecular complexity index is 506. The van der Waals surface area contributed by atoms with Gasteiger partial charge in [-0.3, -0.25) is 0 Å². The molecule has 3 heteroatoms.